The Kier molecular flexibility index (Phi) is 6.43. The summed E-state index contributed by atoms with van der Waals surface area (Å²) in [6.07, 6.45) is 3.03. The molecular formula is C13H20N2O2S. The van der Waals surface area contributed by atoms with Crippen LogP contribution in [0.4, 0.5) is 5.69 Å². The lowest BCUT2D eigenvalue weighted by atomic mass is 10.3. The van der Waals surface area contributed by atoms with E-state index in [-0.39, 0.29) is 12.5 Å². The Morgan fingerprint density at radius 2 is 2.33 bits per heavy atom. The van der Waals surface area contributed by atoms with Crippen LogP contribution in [0.2, 0.25) is 0 Å². The van der Waals surface area contributed by atoms with Gasteiger partial charge in [-0.25, -0.2) is 0 Å². The van der Waals surface area contributed by atoms with Gasteiger partial charge >= 0.3 is 0 Å². The molecule has 18 heavy (non-hydrogen) atoms. The van der Waals surface area contributed by atoms with Crippen LogP contribution in [0, 0.1) is 0 Å². The van der Waals surface area contributed by atoms with Crippen molar-refractivity contribution in [1.82, 2.24) is 5.32 Å². The summed E-state index contributed by atoms with van der Waals surface area (Å²) in [5.41, 5.74) is 6.24. The predicted octanol–water partition coefficient (Wildman–Crippen LogP) is 1.91. The SMILES string of the molecule is CSC(C)CCNC(=O)COc1cccc(N)c1. The Morgan fingerprint density at radius 1 is 1.56 bits per heavy atom. The average Bonchev–Trinajstić information content (AvgIpc) is 2.36. The van der Waals surface area contributed by atoms with Crippen molar-refractivity contribution in [3.8, 4) is 5.75 Å². The number of carbonyl (C=O) groups excluding carboxylic acids is 1. The van der Waals surface area contributed by atoms with Gasteiger partial charge in [-0.3, -0.25) is 4.79 Å². The van der Waals surface area contributed by atoms with Gasteiger partial charge in [-0.1, -0.05) is 13.0 Å². The topological polar surface area (TPSA) is 64.3 Å². The molecule has 100 valence electrons. The van der Waals surface area contributed by atoms with Crippen molar-refractivity contribution in [2.75, 3.05) is 25.1 Å². The second-order valence-corrected chi connectivity index (χ2v) is 5.32. The quantitative estimate of drug-likeness (QED) is 0.741. The Labute approximate surface area is 112 Å². The van der Waals surface area contributed by atoms with Gasteiger partial charge < -0.3 is 15.8 Å². The third-order valence-electron chi connectivity index (χ3n) is 2.50. The fourth-order valence-electron chi connectivity index (χ4n) is 1.34. The molecule has 3 N–H and O–H groups in total. The summed E-state index contributed by atoms with van der Waals surface area (Å²) in [4.78, 5) is 11.5. The molecule has 0 fully saturated rings. The van der Waals surface area contributed by atoms with Gasteiger partial charge in [-0.2, -0.15) is 11.8 Å². The minimum absolute atomic E-state index is 0.0249. The lowest BCUT2D eigenvalue weighted by Crippen LogP contribution is -2.30. The lowest BCUT2D eigenvalue weighted by molar-refractivity contribution is -0.123. The van der Waals surface area contributed by atoms with Crippen molar-refractivity contribution in [3.63, 3.8) is 0 Å². The zero-order valence-electron chi connectivity index (χ0n) is 10.8. The maximum absolute atomic E-state index is 11.5. The monoisotopic (exact) mass is 268 g/mol. The first-order valence-corrected chi connectivity index (χ1v) is 7.18. The number of hydrogen-bond donors (Lipinski definition) is 2. The highest BCUT2D eigenvalue weighted by atomic mass is 32.2. The van der Waals surface area contributed by atoms with Crippen molar-refractivity contribution in [2.24, 2.45) is 0 Å². The number of nitrogen functional groups attached to an aromatic ring is 1. The zero-order valence-corrected chi connectivity index (χ0v) is 11.6. The molecule has 0 aromatic heterocycles. The van der Waals surface area contributed by atoms with Crippen molar-refractivity contribution < 1.29 is 9.53 Å². The van der Waals surface area contributed by atoms with Gasteiger partial charge in [0.05, 0.1) is 0 Å². The van der Waals surface area contributed by atoms with Crippen molar-refractivity contribution >= 4 is 23.4 Å². The summed E-state index contributed by atoms with van der Waals surface area (Å²) in [6.45, 7) is 2.85. The molecule has 0 radical (unpaired) electrons. The van der Waals surface area contributed by atoms with E-state index >= 15 is 0 Å². The highest BCUT2D eigenvalue weighted by Gasteiger charge is 2.04. The van der Waals surface area contributed by atoms with E-state index in [1.54, 1.807) is 36.0 Å². The van der Waals surface area contributed by atoms with Gasteiger partial charge in [0.2, 0.25) is 0 Å². The highest BCUT2D eigenvalue weighted by Crippen LogP contribution is 2.14. The largest absolute Gasteiger partial charge is 0.484 e. The molecule has 0 bridgehead atoms. The van der Waals surface area contributed by atoms with E-state index in [0.29, 0.717) is 23.2 Å². The smallest absolute Gasteiger partial charge is 0.257 e. The summed E-state index contributed by atoms with van der Waals surface area (Å²) in [5.74, 6) is 0.508. The Hall–Kier alpha value is -1.36. The molecule has 0 spiro atoms. The molecular weight excluding hydrogens is 248 g/mol. The Morgan fingerprint density at radius 3 is 3.00 bits per heavy atom. The summed E-state index contributed by atoms with van der Waals surface area (Å²) in [6, 6.07) is 7.04. The number of nitrogens with one attached hydrogen (secondary N) is 1. The van der Waals surface area contributed by atoms with E-state index in [1.165, 1.54) is 0 Å². The van der Waals surface area contributed by atoms with Crippen LogP contribution >= 0.6 is 11.8 Å². The zero-order chi connectivity index (χ0) is 13.4. The van der Waals surface area contributed by atoms with Crippen molar-refractivity contribution in [3.05, 3.63) is 24.3 Å². The first kappa shape index (κ1) is 14.7. The van der Waals surface area contributed by atoms with Gasteiger partial charge in [-0.15, -0.1) is 0 Å². The molecule has 4 nitrogen and oxygen atoms in total. The van der Waals surface area contributed by atoms with Crippen LogP contribution in [0.15, 0.2) is 24.3 Å². The number of benzene rings is 1. The van der Waals surface area contributed by atoms with Crippen LogP contribution in [-0.4, -0.2) is 30.6 Å². The predicted molar refractivity (Wildman–Crippen MR) is 77.0 cm³/mol. The summed E-state index contributed by atoms with van der Waals surface area (Å²) in [5, 5.41) is 3.38. The van der Waals surface area contributed by atoms with E-state index in [1.807, 2.05) is 0 Å². The standard InChI is InChI=1S/C13H20N2O2S/c1-10(18-2)6-7-15-13(16)9-17-12-5-3-4-11(14)8-12/h3-5,8,10H,6-7,9,14H2,1-2H3,(H,15,16). The number of rotatable bonds is 7. The van der Waals surface area contributed by atoms with Crippen LogP contribution in [0.25, 0.3) is 0 Å². The van der Waals surface area contributed by atoms with Crippen LogP contribution in [0.3, 0.4) is 0 Å². The van der Waals surface area contributed by atoms with Crippen LogP contribution < -0.4 is 15.8 Å². The maximum atomic E-state index is 11.5. The number of amides is 1. The molecule has 0 heterocycles. The van der Waals surface area contributed by atoms with E-state index < -0.39 is 0 Å². The molecule has 1 rings (SSSR count). The van der Waals surface area contributed by atoms with Crippen LogP contribution in [0.5, 0.6) is 5.75 Å². The molecule has 0 aliphatic rings. The number of anilines is 1. The fourth-order valence-corrected chi connectivity index (χ4v) is 1.69. The van der Waals surface area contributed by atoms with Gasteiger partial charge in [0.15, 0.2) is 6.61 Å². The molecule has 0 aliphatic heterocycles. The Balaban J connectivity index is 2.21. The van der Waals surface area contributed by atoms with Crippen LogP contribution in [0.1, 0.15) is 13.3 Å². The van der Waals surface area contributed by atoms with Gasteiger partial charge in [0, 0.05) is 23.5 Å². The van der Waals surface area contributed by atoms with E-state index in [4.69, 9.17) is 10.5 Å². The number of nitrogens with two attached hydrogens (primary N) is 1. The third-order valence-corrected chi connectivity index (χ3v) is 3.54. The molecule has 1 unspecified atom stereocenters. The number of ether oxygens (including phenoxy) is 1. The number of thioether (sulfide) groups is 1. The minimum atomic E-state index is -0.106. The van der Waals surface area contributed by atoms with E-state index in [2.05, 4.69) is 18.5 Å². The highest BCUT2D eigenvalue weighted by molar-refractivity contribution is 7.99. The Bertz CT molecular complexity index is 385. The molecule has 1 aromatic carbocycles. The number of hydrogen-bond acceptors (Lipinski definition) is 4. The van der Waals surface area contributed by atoms with Crippen molar-refractivity contribution in [2.45, 2.75) is 18.6 Å². The van der Waals surface area contributed by atoms with Crippen molar-refractivity contribution in [1.29, 1.82) is 0 Å². The maximum Gasteiger partial charge on any atom is 0.257 e. The lowest BCUT2D eigenvalue weighted by Gasteiger charge is -2.10. The fraction of sp³-hybridized carbons (Fsp3) is 0.462. The minimum Gasteiger partial charge on any atom is -0.484 e. The second kappa shape index (κ2) is 7.87. The summed E-state index contributed by atoms with van der Waals surface area (Å²) >= 11 is 1.79. The molecule has 0 aliphatic carbocycles. The van der Waals surface area contributed by atoms with E-state index in [9.17, 15) is 4.79 Å². The molecule has 5 heteroatoms. The molecule has 1 aromatic rings. The third kappa shape index (κ3) is 5.82. The molecule has 0 saturated heterocycles. The average molecular weight is 268 g/mol. The second-order valence-electron chi connectivity index (χ2n) is 4.05. The van der Waals surface area contributed by atoms with Crippen LogP contribution in [-0.2, 0) is 4.79 Å². The molecule has 1 atom stereocenters. The van der Waals surface area contributed by atoms with Gasteiger partial charge in [0.25, 0.3) is 5.91 Å². The number of carbonyl (C=O) groups is 1. The molecule has 0 saturated carbocycles. The first-order chi connectivity index (χ1) is 8.61. The van der Waals surface area contributed by atoms with E-state index in [0.717, 1.165) is 6.42 Å². The molecule has 1 amide bonds. The summed E-state index contributed by atoms with van der Waals surface area (Å²) < 4.78 is 5.34. The summed E-state index contributed by atoms with van der Waals surface area (Å²) in [7, 11) is 0. The van der Waals surface area contributed by atoms with Gasteiger partial charge in [-0.05, 0) is 24.8 Å². The normalized spacial score (nSPS) is 11.9. The van der Waals surface area contributed by atoms with Gasteiger partial charge in [0.1, 0.15) is 5.75 Å². The first-order valence-electron chi connectivity index (χ1n) is 5.89.